The minimum Gasteiger partial charge on any atom is -0.496 e. The van der Waals surface area contributed by atoms with Gasteiger partial charge in [0.15, 0.2) is 5.54 Å². The van der Waals surface area contributed by atoms with E-state index in [9.17, 15) is 14.7 Å². The number of hydrogen-bond donors (Lipinski definition) is 3. The first-order chi connectivity index (χ1) is 13.3. The van der Waals surface area contributed by atoms with E-state index in [0.29, 0.717) is 27.6 Å². The highest BCUT2D eigenvalue weighted by molar-refractivity contribution is 6.31. The van der Waals surface area contributed by atoms with Crippen molar-refractivity contribution in [1.29, 1.82) is 0 Å². The highest BCUT2D eigenvalue weighted by atomic mass is 35.5. The van der Waals surface area contributed by atoms with Gasteiger partial charge < -0.3 is 20.1 Å². The maximum atomic E-state index is 13.3. The molecule has 2 atom stereocenters. The lowest BCUT2D eigenvalue weighted by molar-refractivity contribution is -0.133. The van der Waals surface area contributed by atoms with Crippen LogP contribution in [0.2, 0.25) is 5.02 Å². The largest absolute Gasteiger partial charge is 0.496 e. The van der Waals surface area contributed by atoms with Crippen LogP contribution in [0.5, 0.6) is 5.75 Å². The molecule has 1 aliphatic rings. The molecule has 0 fully saturated rings. The minimum atomic E-state index is -1.47. The van der Waals surface area contributed by atoms with E-state index in [1.165, 1.54) is 12.0 Å². The Bertz CT molecular complexity index is 918. The zero-order chi connectivity index (χ0) is 20.5. The fourth-order valence-corrected chi connectivity index (χ4v) is 3.65. The fraction of sp³-hybridized carbons (Fsp3) is 0.300. The molecule has 1 aliphatic heterocycles. The molecule has 2 aromatic carbocycles. The standard InChI is InChI=1S/C20H22ClN3O4/c1-24(2)18(26)16(11-25)23-20(13-6-4-5-7-17(13)28-3)14-10-12(21)8-9-15(14)22-19(20)27/h4-10,16,23,25H,11H2,1-3H3,(H,22,27)/t16-,20?/m0/s1. The number of nitrogens with zero attached hydrogens (tertiary/aromatic N) is 1. The van der Waals surface area contributed by atoms with Crippen LogP contribution < -0.4 is 15.4 Å². The van der Waals surface area contributed by atoms with Crippen LogP contribution in [0.4, 0.5) is 5.69 Å². The van der Waals surface area contributed by atoms with Gasteiger partial charge in [-0.25, -0.2) is 0 Å². The van der Waals surface area contributed by atoms with Gasteiger partial charge in [-0.05, 0) is 24.3 Å². The van der Waals surface area contributed by atoms with Crippen molar-refractivity contribution in [2.75, 3.05) is 33.1 Å². The number of fused-ring (bicyclic) bond motifs is 1. The summed E-state index contributed by atoms with van der Waals surface area (Å²) in [5.74, 6) is -0.286. The molecule has 28 heavy (non-hydrogen) atoms. The van der Waals surface area contributed by atoms with E-state index in [1.54, 1.807) is 56.6 Å². The number of para-hydroxylation sites is 1. The first kappa shape index (κ1) is 20.1. The Hall–Kier alpha value is -2.61. The Morgan fingerprint density at radius 3 is 2.64 bits per heavy atom. The second kappa shape index (κ2) is 7.79. The summed E-state index contributed by atoms with van der Waals surface area (Å²) in [6, 6.07) is 11.1. The number of anilines is 1. The van der Waals surface area contributed by atoms with Crippen LogP contribution in [-0.2, 0) is 15.1 Å². The maximum Gasteiger partial charge on any atom is 0.254 e. The number of aliphatic hydroxyl groups excluding tert-OH is 1. The van der Waals surface area contributed by atoms with E-state index in [0.717, 1.165) is 0 Å². The lowest BCUT2D eigenvalue weighted by Gasteiger charge is -2.34. The molecule has 0 aliphatic carbocycles. The highest BCUT2D eigenvalue weighted by Crippen LogP contribution is 2.45. The fourth-order valence-electron chi connectivity index (χ4n) is 3.48. The molecule has 2 amide bonds. The molecule has 0 bridgehead atoms. The van der Waals surface area contributed by atoms with Crippen molar-refractivity contribution < 1.29 is 19.4 Å². The van der Waals surface area contributed by atoms with E-state index in [2.05, 4.69) is 10.6 Å². The SMILES string of the molecule is COc1ccccc1C1(N[C@@H](CO)C(=O)N(C)C)C(=O)Nc2ccc(Cl)cc21. The average Bonchev–Trinajstić information content (AvgIpc) is 2.96. The van der Waals surface area contributed by atoms with Gasteiger partial charge in [0, 0.05) is 35.9 Å². The Morgan fingerprint density at radius 1 is 1.29 bits per heavy atom. The molecule has 1 unspecified atom stereocenters. The summed E-state index contributed by atoms with van der Waals surface area (Å²) in [7, 11) is 4.68. The van der Waals surface area contributed by atoms with E-state index in [-0.39, 0.29) is 11.8 Å². The van der Waals surface area contributed by atoms with Gasteiger partial charge in [0.05, 0.1) is 13.7 Å². The normalized spacial score (nSPS) is 19.0. The average molecular weight is 404 g/mol. The number of likely N-dealkylation sites (N-methyl/N-ethyl adjacent to an activating group) is 1. The third-order valence-corrected chi connectivity index (χ3v) is 5.03. The zero-order valence-electron chi connectivity index (χ0n) is 15.8. The Labute approximate surface area is 168 Å². The number of amides is 2. The van der Waals surface area contributed by atoms with E-state index >= 15 is 0 Å². The van der Waals surface area contributed by atoms with E-state index in [4.69, 9.17) is 16.3 Å². The van der Waals surface area contributed by atoms with Gasteiger partial charge in [0.2, 0.25) is 5.91 Å². The molecule has 8 heteroatoms. The van der Waals surface area contributed by atoms with Crippen LogP contribution in [0.25, 0.3) is 0 Å². The second-order valence-corrected chi connectivity index (χ2v) is 7.14. The molecule has 3 N–H and O–H groups in total. The quantitative estimate of drug-likeness (QED) is 0.681. The number of carbonyl (C=O) groups is 2. The smallest absolute Gasteiger partial charge is 0.254 e. The predicted molar refractivity (Wildman–Crippen MR) is 107 cm³/mol. The second-order valence-electron chi connectivity index (χ2n) is 6.71. The van der Waals surface area contributed by atoms with Crippen molar-refractivity contribution in [3.63, 3.8) is 0 Å². The van der Waals surface area contributed by atoms with Crippen molar-refractivity contribution in [1.82, 2.24) is 10.2 Å². The van der Waals surface area contributed by atoms with Crippen molar-refractivity contribution in [2.24, 2.45) is 0 Å². The number of methoxy groups -OCH3 is 1. The minimum absolute atomic E-state index is 0.361. The van der Waals surface area contributed by atoms with Crippen LogP contribution in [-0.4, -0.2) is 55.7 Å². The number of hydrogen-bond acceptors (Lipinski definition) is 5. The number of halogens is 1. The topological polar surface area (TPSA) is 90.9 Å². The molecular formula is C20H22ClN3O4. The van der Waals surface area contributed by atoms with Gasteiger partial charge in [0.25, 0.3) is 5.91 Å². The third kappa shape index (κ3) is 3.22. The lowest BCUT2D eigenvalue weighted by atomic mass is 9.82. The molecular weight excluding hydrogens is 382 g/mol. The summed E-state index contributed by atoms with van der Waals surface area (Å²) in [6.45, 7) is -0.489. The number of ether oxygens (including phenoxy) is 1. The first-order valence-corrected chi connectivity index (χ1v) is 9.07. The summed E-state index contributed by atoms with van der Waals surface area (Å²) in [6.07, 6.45) is 0. The molecule has 0 spiro atoms. The number of rotatable bonds is 6. The van der Waals surface area contributed by atoms with Gasteiger partial charge in [-0.1, -0.05) is 29.8 Å². The molecule has 148 valence electrons. The van der Waals surface area contributed by atoms with Gasteiger partial charge in [-0.15, -0.1) is 0 Å². The van der Waals surface area contributed by atoms with Crippen LogP contribution in [0.3, 0.4) is 0 Å². The summed E-state index contributed by atoms with van der Waals surface area (Å²) in [5.41, 5.74) is 0.175. The van der Waals surface area contributed by atoms with Crippen molar-refractivity contribution >= 4 is 29.1 Å². The molecule has 2 aromatic rings. The van der Waals surface area contributed by atoms with Gasteiger partial charge >= 0.3 is 0 Å². The summed E-state index contributed by atoms with van der Waals surface area (Å²) in [4.78, 5) is 27.2. The molecule has 0 saturated heterocycles. The van der Waals surface area contributed by atoms with E-state index < -0.39 is 18.2 Å². The van der Waals surface area contributed by atoms with Crippen LogP contribution >= 0.6 is 11.6 Å². The van der Waals surface area contributed by atoms with E-state index in [1.807, 2.05) is 0 Å². The number of nitrogens with one attached hydrogen (secondary N) is 2. The summed E-state index contributed by atoms with van der Waals surface area (Å²) >= 11 is 6.22. The Morgan fingerprint density at radius 2 is 2.00 bits per heavy atom. The number of carbonyl (C=O) groups excluding carboxylic acids is 2. The Kier molecular flexibility index (Phi) is 5.60. The molecule has 0 aromatic heterocycles. The van der Waals surface area contributed by atoms with Crippen molar-refractivity contribution in [2.45, 2.75) is 11.6 Å². The summed E-state index contributed by atoms with van der Waals surface area (Å²) < 4.78 is 5.49. The number of benzene rings is 2. The highest BCUT2D eigenvalue weighted by Gasteiger charge is 2.51. The lowest BCUT2D eigenvalue weighted by Crippen LogP contribution is -2.58. The summed E-state index contributed by atoms with van der Waals surface area (Å²) in [5, 5.41) is 16.3. The first-order valence-electron chi connectivity index (χ1n) is 8.69. The molecule has 0 radical (unpaired) electrons. The van der Waals surface area contributed by atoms with Crippen molar-refractivity contribution in [3.05, 3.63) is 58.6 Å². The van der Waals surface area contributed by atoms with Crippen LogP contribution in [0.1, 0.15) is 11.1 Å². The zero-order valence-corrected chi connectivity index (χ0v) is 16.6. The van der Waals surface area contributed by atoms with Gasteiger partial charge in [-0.3, -0.25) is 14.9 Å². The predicted octanol–water partition coefficient (Wildman–Crippen LogP) is 1.58. The third-order valence-electron chi connectivity index (χ3n) is 4.80. The van der Waals surface area contributed by atoms with Gasteiger partial charge in [0.1, 0.15) is 11.8 Å². The molecule has 3 rings (SSSR count). The number of aliphatic hydroxyl groups is 1. The Balaban J connectivity index is 2.26. The maximum absolute atomic E-state index is 13.3. The van der Waals surface area contributed by atoms with Crippen LogP contribution in [0, 0.1) is 0 Å². The molecule has 7 nitrogen and oxygen atoms in total. The van der Waals surface area contributed by atoms with Crippen molar-refractivity contribution in [3.8, 4) is 5.75 Å². The molecule has 0 saturated carbocycles. The monoisotopic (exact) mass is 403 g/mol. The molecule has 1 heterocycles. The van der Waals surface area contributed by atoms with Gasteiger partial charge in [-0.2, -0.15) is 0 Å². The van der Waals surface area contributed by atoms with Crippen LogP contribution in [0.15, 0.2) is 42.5 Å².